The maximum Gasteiger partial charge on any atom is 0.262 e. The predicted molar refractivity (Wildman–Crippen MR) is 79.8 cm³/mol. The number of ether oxygens (including phenoxy) is 1. The third-order valence-corrected chi connectivity index (χ3v) is 3.67. The molecule has 106 valence electrons. The van der Waals surface area contributed by atoms with Crippen molar-refractivity contribution in [3.8, 4) is 17.0 Å². The van der Waals surface area contributed by atoms with E-state index in [0.717, 1.165) is 4.47 Å². The van der Waals surface area contributed by atoms with Gasteiger partial charge in [-0.25, -0.2) is 0 Å². The molecule has 0 bridgehead atoms. The number of methoxy groups -OCH3 is 1. The van der Waals surface area contributed by atoms with Crippen LogP contribution in [0.1, 0.15) is 12.7 Å². The van der Waals surface area contributed by atoms with E-state index in [1.54, 1.807) is 25.3 Å². The van der Waals surface area contributed by atoms with Crippen LogP contribution in [0.25, 0.3) is 11.1 Å². The summed E-state index contributed by atoms with van der Waals surface area (Å²) in [6, 6.07) is 7.17. The second kappa shape index (κ2) is 6.19. The molecule has 1 aromatic carbocycles. The normalized spacial score (nSPS) is 12.3. The van der Waals surface area contributed by atoms with Crippen LogP contribution >= 0.6 is 15.9 Å². The van der Waals surface area contributed by atoms with Gasteiger partial charge in [-0.05, 0) is 13.0 Å². The number of aromatic amines is 1. The van der Waals surface area contributed by atoms with Crippen LogP contribution in [0.4, 0.5) is 0 Å². The van der Waals surface area contributed by atoms with Crippen molar-refractivity contribution in [2.45, 2.75) is 19.4 Å². The van der Waals surface area contributed by atoms with E-state index in [0.29, 0.717) is 17.8 Å². The van der Waals surface area contributed by atoms with Gasteiger partial charge in [0.05, 0.1) is 6.10 Å². The van der Waals surface area contributed by atoms with Crippen LogP contribution in [-0.2, 0) is 11.2 Å². The highest BCUT2D eigenvalue weighted by Crippen LogP contribution is 2.30. The van der Waals surface area contributed by atoms with Crippen molar-refractivity contribution in [2.24, 2.45) is 0 Å². The largest absolute Gasteiger partial charge is 0.493 e. The molecule has 2 aromatic rings. The Labute approximate surface area is 124 Å². The van der Waals surface area contributed by atoms with E-state index in [1.165, 1.54) is 0 Å². The summed E-state index contributed by atoms with van der Waals surface area (Å²) in [5, 5.41) is 10.0. The minimum atomic E-state index is -0.372. The summed E-state index contributed by atoms with van der Waals surface area (Å²) in [5.41, 5.74) is 0.388. The fourth-order valence-corrected chi connectivity index (χ4v) is 2.35. The fourth-order valence-electron chi connectivity index (χ4n) is 1.87. The van der Waals surface area contributed by atoms with Crippen molar-refractivity contribution in [1.82, 2.24) is 9.97 Å². The Morgan fingerprint density at radius 1 is 1.45 bits per heavy atom. The van der Waals surface area contributed by atoms with Gasteiger partial charge in [-0.3, -0.25) is 4.79 Å². The second-order valence-electron chi connectivity index (χ2n) is 4.44. The van der Waals surface area contributed by atoms with Crippen LogP contribution in [0.15, 0.2) is 33.5 Å². The highest BCUT2D eigenvalue weighted by molar-refractivity contribution is 9.10. The molecular weight excluding hydrogens is 324 g/mol. The van der Waals surface area contributed by atoms with E-state index in [9.17, 15) is 9.90 Å². The van der Waals surface area contributed by atoms with E-state index in [4.69, 9.17) is 4.74 Å². The summed E-state index contributed by atoms with van der Waals surface area (Å²) in [7, 11) is 1.58. The molecule has 1 heterocycles. The van der Waals surface area contributed by atoms with Gasteiger partial charge in [0.25, 0.3) is 5.56 Å². The number of rotatable bonds is 4. The number of benzene rings is 1. The lowest BCUT2D eigenvalue weighted by atomic mass is 10.1. The lowest BCUT2D eigenvalue weighted by molar-refractivity contribution is 0.117. The number of H-pyrrole nitrogens is 1. The van der Waals surface area contributed by atoms with Gasteiger partial charge in [0, 0.05) is 23.6 Å². The van der Waals surface area contributed by atoms with Crippen LogP contribution in [-0.4, -0.2) is 28.3 Å². The zero-order valence-electron chi connectivity index (χ0n) is 11.2. The molecule has 0 aliphatic rings. The number of nitrogens with one attached hydrogen (secondary N) is 1. The van der Waals surface area contributed by atoms with Crippen molar-refractivity contribution >= 4 is 15.9 Å². The number of hydrogen-bond donors (Lipinski definition) is 2. The molecule has 0 saturated heterocycles. The molecule has 0 saturated carbocycles. The molecule has 0 fully saturated rings. The smallest absolute Gasteiger partial charge is 0.262 e. The first-order valence-corrected chi connectivity index (χ1v) is 6.92. The van der Waals surface area contributed by atoms with E-state index in [1.807, 2.05) is 13.0 Å². The highest BCUT2D eigenvalue weighted by Gasteiger charge is 2.16. The lowest BCUT2D eigenvalue weighted by Crippen LogP contribution is -2.18. The Morgan fingerprint density at radius 2 is 2.15 bits per heavy atom. The van der Waals surface area contributed by atoms with Gasteiger partial charge in [-0.2, -0.15) is 4.98 Å². The van der Waals surface area contributed by atoms with Gasteiger partial charge in [0.1, 0.15) is 11.4 Å². The third-order valence-electron chi connectivity index (χ3n) is 2.98. The Bertz CT molecular complexity index is 670. The predicted octanol–water partition coefficient (Wildman–Crippen LogP) is 2.48. The Hall–Kier alpha value is -1.66. The molecule has 0 spiro atoms. The molecule has 2 N–H and O–H groups in total. The van der Waals surface area contributed by atoms with Gasteiger partial charge < -0.3 is 14.8 Å². The summed E-state index contributed by atoms with van der Waals surface area (Å²) in [5.74, 6) is 0.122. The van der Waals surface area contributed by atoms with Crippen molar-refractivity contribution in [3.05, 3.63) is 44.9 Å². The van der Waals surface area contributed by atoms with E-state index < -0.39 is 0 Å². The second-order valence-corrected chi connectivity index (χ2v) is 5.30. The first kappa shape index (κ1) is 14.7. The van der Waals surface area contributed by atoms with Crippen LogP contribution in [0.5, 0.6) is 5.88 Å². The summed E-state index contributed by atoms with van der Waals surface area (Å²) < 4.78 is 5.84. The molecule has 20 heavy (non-hydrogen) atoms. The molecule has 0 aliphatic carbocycles. The molecule has 0 aliphatic heterocycles. The average Bonchev–Trinajstić information content (AvgIpc) is 2.40. The molecular formula is C14H15BrN2O3. The fraction of sp³-hybridized carbons (Fsp3) is 0.286. The maximum atomic E-state index is 12.2. The topological polar surface area (TPSA) is 75.2 Å². The summed E-state index contributed by atoms with van der Waals surface area (Å²) in [6.45, 7) is 1.86. The molecule has 6 heteroatoms. The highest BCUT2D eigenvalue weighted by atomic mass is 79.9. The van der Waals surface area contributed by atoms with Gasteiger partial charge in [-0.15, -0.1) is 0 Å². The number of halogens is 1. The number of aromatic nitrogens is 2. The summed E-state index contributed by atoms with van der Waals surface area (Å²) in [4.78, 5) is 18.9. The molecule has 1 atom stereocenters. The zero-order valence-corrected chi connectivity index (χ0v) is 12.8. The van der Waals surface area contributed by atoms with Crippen molar-refractivity contribution in [2.75, 3.05) is 7.11 Å². The van der Waals surface area contributed by atoms with Crippen LogP contribution in [0, 0.1) is 0 Å². The van der Waals surface area contributed by atoms with E-state index >= 15 is 0 Å². The Balaban J connectivity index is 2.47. The lowest BCUT2D eigenvalue weighted by Gasteiger charge is -2.10. The van der Waals surface area contributed by atoms with Gasteiger partial charge in [0.2, 0.25) is 5.88 Å². The Kier molecular flexibility index (Phi) is 4.57. The summed E-state index contributed by atoms with van der Waals surface area (Å²) >= 11 is 3.36. The first-order valence-electron chi connectivity index (χ1n) is 6.12. The van der Waals surface area contributed by atoms with Gasteiger partial charge >= 0.3 is 0 Å². The molecule has 1 aromatic heterocycles. The molecule has 0 amide bonds. The van der Waals surface area contributed by atoms with E-state index in [2.05, 4.69) is 25.9 Å². The molecule has 1 unspecified atom stereocenters. The van der Waals surface area contributed by atoms with Crippen molar-refractivity contribution in [1.29, 1.82) is 0 Å². The zero-order chi connectivity index (χ0) is 14.7. The van der Waals surface area contributed by atoms with Crippen molar-refractivity contribution in [3.63, 3.8) is 0 Å². The van der Waals surface area contributed by atoms with Crippen LogP contribution < -0.4 is 5.56 Å². The van der Waals surface area contributed by atoms with Crippen LogP contribution in [0.3, 0.4) is 0 Å². The number of hydrogen-bond acceptors (Lipinski definition) is 4. The summed E-state index contributed by atoms with van der Waals surface area (Å²) in [6.07, 6.45) is 0.335. The third kappa shape index (κ3) is 3.08. The minimum absolute atomic E-state index is 0.0909. The number of nitrogens with zero attached hydrogens (tertiary/aromatic N) is 1. The standard InChI is InChI=1S/C14H15BrN2O3/c1-8(20-2)7-11-16-13(18)12(14(19)17-11)9-5-3-4-6-10(9)15/h3-6,8H,7H2,1-2H3,(H2,16,17,18,19). The molecule has 5 nitrogen and oxygen atoms in total. The minimum Gasteiger partial charge on any atom is -0.493 e. The van der Waals surface area contributed by atoms with Crippen molar-refractivity contribution < 1.29 is 9.84 Å². The first-order chi connectivity index (χ1) is 9.52. The monoisotopic (exact) mass is 338 g/mol. The van der Waals surface area contributed by atoms with Gasteiger partial charge in [-0.1, -0.05) is 34.1 Å². The quantitative estimate of drug-likeness (QED) is 0.897. The molecule has 2 rings (SSSR count). The van der Waals surface area contributed by atoms with Gasteiger partial charge in [0.15, 0.2) is 0 Å². The Morgan fingerprint density at radius 3 is 2.75 bits per heavy atom. The van der Waals surface area contributed by atoms with E-state index in [-0.39, 0.29) is 23.1 Å². The number of aromatic hydroxyl groups is 1. The van der Waals surface area contributed by atoms with Crippen LogP contribution in [0.2, 0.25) is 0 Å². The molecule has 0 radical (unpaired) electrons. The maximum absolute atomic E-state index is 12.2. The SMILES string of the molecule is COC(C)Cc1nc(O)c(-c2ccccc2Br)c(=O)[nH]1. The average molecular weight is 339 g/mol.